The van der Waals surface area contributed by atoms with E-state index in [0.717, 1.165) is 11.1 Å². The summed E-state index contributed by atoms with van der Waals surface area (Å²) in [5.74, 6) is -8.73. The number of rotatable bonds is 5. The molecule has 8 nitrogen and oxygen atoms in total. The fraction of sp³-hybridized carbons (Fsp3) is 0.211. The number of aromatic hydroxyl groups is 1. The molecule has 1 saturated carbocycles. The Labute approximate surface area is 284 Å². The number of nitrogens with zero attached hydrogens (tertiary/aromatic N) is 2. The quantitative estimate of drug-likeness (QED) is 0.184. The van der Waals surface area contributed by atoms with Gasteiger partial charge in [0.2, 0.25) is 11.8 Å². The molecule has 2 aliphatic carbocycles. The second kappa shape index (κ2) is 11.4. The zero-order chi connectivity index (χ0) is 34.2. The van der Waals surface area contributed by atoms with Crippen LogP contribution in [0.2, 0.25) is 5.02 Å². The monoisotopic (exact) mass is 679 g/mol. The van der Waals surface area contributed by atoms with Gasteiger partial charge in [-0.15, -0.1) is 0 Å². The van der Waals surface area contributed by atoms with Crippen molar-refractivity contribution in [2.45, 2.75) is 24.2 Å². The largest absolute Gasteiger partial charge is 0.505 e. The van der Waals surface area contributed by atoms with Gasteiger partial charge in [-0.25, -0.2) is 8.78 Å². The van der Waals surface area contributed by atoms with Gasteiger partial charge in [-0.2, -0.15) is 5.01 Å². The van der Waals surface area contributed by atoms with Crippen LogP contribution >= 0.6 is 11.6 Å². The van der Waals surface area contributed by atoms with E-state index in [9.17, 15) is 23.9 Å². The average molecular weight is 680 g/mol. The molecule has 2 aliphatic heterocycles. The molecule has 0 bridgehead atoms. The van der Waals surface area contributed by atoms with Gasteiger partial charge in [-0.1, -0.05) is 65.7 Å². The van der Waals surface area contributed by atoms with Crippen LogP contribution in [-0.2, 0) is 24.6 Å². The lowest BCUT2D eigenvalue weighted by molar-refractivity contribution is -0.138. The summed E-state index contributed by atoms with van der Waals surface area (Å²) >= 11 is 6.29. The Kier molecular flexibility index (Phi) is 7.18. The highest BCUT2D eigenvalue weighted by atomic mass is 35.5. The maximum atomic E-state index is 15.2. The molecule has 4 aliphatic rings. The molecule has 2 heterocycles. The van der Waals surface area contributed by atoms with Gasteiger partial charge in [0.25, 0.3) is 11.8 Å². The second-order valence-electron chi connectivity index (χ2n) is 12.9. The first-order chi connectivity index (χ1) is 23.6. The number of benzene rings is 4. The molecule has 2 saturated heterocycles. The third-order valence-electron chi connectivity index (χ3n) is 10.6. The van der Waals surface area contributed by atoms with E-state index >= 15 is 9.18 Å². The van der Waals surface area contributed by atoms with Crippen molar-refractivity contribution in [1.82, 2.24) is 5.01 Å². The van der Waals surface area contributed by atoms with Gasteiger partial charge < -0.3 is 5.11 Å². The number of imide groups is 2. The van der Waals surface area contributed by atoms with Crippen LogP contribution in [0.4, 0.5) is 20.2 Å². The lowest BCUT2D eigenvalue weighted by atomic mass is 9.49. The molecule has 4 aromatic carbocycles. The molecule has 0 radical (unpaired) electrons. The number of hydrogen-bond acceptors (Lipinski definition) is 6. The summed E-state index contributed by atoms with van der Waals surface area (Å²) in [5.41, 5.74) is 2.85. The van der Waals surface area contributed by atoms with Crippen LogP contribution in [-0.4, -0.2) is 33.7 Å². The first kappa shape index (κ1) is 31.0. The van der Waals surface area contributed by atoms with Gasteiger partial charge in [0, 0.05) is 16.5 Å². The number of carbonyl (C=O) groups is 4. The molecule has 6 atom stereocenters. The number of hydrazine groups is 1. The van der Waals surface area contributed by atoms with Crippen molar-refractivity contribution < 1.29 is 33.1 Å². The minimum absolute atomic E-state index is 0.00995. The van der Waals surface area contributed by atoms with Crippen molar-refractivity contribution in [3.8, 4) is 5.75 Å². The molecule has 49 heavy (non-hydrogen) atoms. The van der Waals surface area contributed by atoms with E-state index in [-0.39, 0.29) is 30.0 Å². The lowest BCUT2D eigenvalue weighted by Gasteiger charge is -2.50. The van der Waals surface area contributed by atoms with Gasteiger partial charge in [-0.3, -0.25) is 29.5 Å². The Morgan fingerprint density at radius 3 is 2.22 bits per heavy atom. The number of para-hydroxylation sites is 2. The predicted molar refractivity (Wildman–Crippen MR) is 176 cm³/mol. The number of hydrogen-bond donors (Lipinski definition) is 2. The summed E-state index contributed by atoms with van der Waals surface area (Å²) < 4.78 is 29.0. The maximum Gasteiger partial charge on any atom is 0.260 e. The Bertz CT molecular complexity index is 2070. The number of anilines is 2. The zero-order valence-corrected chi connectivity index (χ0v) is 26.5. The highest BCUT2D eigenvalue weighted by molar-refractivity contribution is 6.30. The standard InChI is InChI=1S/C38H28ClF2N3O5/c39-21-11-9-20(10-12-21)38-29(35(47)44(37(38)49)42-23-15-13-22(40)14-16-23)19-28-25(32(38)27-7-4-8-30(41)33(27)45)17-18-26-31(28)36(48)43(34(26)46)24-5-2-1-3-6-24/h1-17,26,28-29,31-32,42,45H,18-19H2. The van der Waals surface area contributed by atoms with E-state index in [2.05, 4.69) is 5.43 Å². The molecular formula is C38H28ClF2N3O5. The summed E-state index contributed by atoms with van der Waals surface area (Å²) in [6.07, 6.45) is 2.00. The Morgan fingerprint density at radius 1 is 0.796 bits per heavy atom. The van der Waals surface area contributed by atoms with Gasteiger partial charge in [0.1, 0.15) is 5.82 Å². The summed E-state index contributed by atoms with van der Waals surface area (Å²) in [6.45, 7) is 0. The molecule has 2 N–H and O–H groups in total. The smallest absolute Gasteiger partial charge is 0.260 e. The molecule has 6 unspecified atom stereocenters. The van der Waals surface area contributed by atoms with E-state index in [4.69, 9.17) is 11.6 Å². The van der Waals surface area contributed by atoms with Crippen LogP contribution < -0.4 is 10.3 Å². The third kappa shape index (κ3) is 4.46. The molecule has 8 rings (SSSR count). The van der Waals surface area contributed by atoms with Crippen molar-refractivity contribution in [2.24, 2.45) is 23.7 Å². The molecule has 3 fully saturated rings. The number of phenols is 1. The highest BCUT2D eigenvalue weighted by Crippen LogP contribution is 2.65. The number of allylic oxidation sites excluding steroid dienone is 2. The predicted octanol–water partition coefficient (Wildman–Crippen LogP) is 6.51. The fourth-order valence-corrected chi connectivity index (χ4v) is 8.72. The topological polar surface area (TPSA) is 107 Å². The summed E-state index contributed by atoms with van der Waals surface area (Å²) in [7, 11) is 0. The Morgan fingerprint density at radius 2 is 1.51 bits per heavy atom. The van der Waals surface area contributed by atoms with E-state index in [1.165, 1.54) is 41.3 Å². The van der Waals surface area contributed by atoms with Crippen LogP contribution in [0.5, 0.6) is 5.75 Å². The molecule has 246 valence electrons. The van der Waals surface area contributed by atoms with Crippen molar-refractivity contribution in [3.63, 3.8) is 0 Å². The van der Waals surface area contributed by atoms with Crippen molar-refractivity contribution in [1.29, 1.82) is 0 Å². The third-order valence-corrected chi connectivity index (χ3v) is 10.9. The normalized spacial score (nSPS) is 27.5. The lowest BCUT2D eigenvalue weighted by Crippen LogP contribution is -2.53. The first-order valence-corrected chi connectivity index (χ1v) is 16.3. The number of nitrogens with one attached hydrogen (secondary N) is 1. The molecule has 4 amide bonds. The Hall–Kier alpha value is -5.35. The number of halogens is 3. The number of amides is 4. The molecule has 4 aromatic rings. The number of carbonyl (C=O) groups excluding carboxylic acids is 4. The summed E-state index contributed by atoms with van der Waals surface area (Å²) in [4.78, 5) is 59.0. The van der Waals surface area contributed by atoms with Crippen LogP contribution in [0.1, 0.15) is 29.9 Å². The molecule has 11 heteroatoms. The molecular weight excluding hydrogens is 652 g/mol. The fourth-order valence-electron chi connectivity index (χ4n) is 8.60. The minimum Gasteiger partial charge on any atom is -0.505 e. The summed E-state index contributed by atoms with van der Waals surface area (Å²) in [6, 6.07) is 24.2. The van der Waals surface area contributed by atoms with E-state index in [1.807, 2.05) is 6.08 Å². The molecule has 0 aromatic heterocycles. The van der Waals surface area contributed by atoms with Crippen molar-refractivity contribution in [2.75, 3.05) is 10.3 Å². The summed E-state index contributed by atoms with van der Waals surface area (Å²) in [5, 5.41) is 12.6. The number of phenolic OH excluding ortho intramolecular Hbond substituents is 1. The SMILES string of the molecule is O=C1C2CC3C(=CCC4C(=O)N(c5ccccc5)C(=O)C43)C(c3cccc(F)c3O)C2(c2ccc(Cl)cc2)C(=O)N1Nc1ccc(F)cc1. The second-order valence-corrected chi connectivity index (χ2v) is 13.3. The van der Waals surface area contributed by atoms with Gasteiger partial charge in [0.15, 0.2) is 11.6 Å². The van der Waals surface area contributed by atoms with Crippen molar-refractivity contribution >= 4 is 46.6 Å². The highest BCUT2D eigenvalue weighted by Gasteiger charge is 2.70. The zero-order valence-electron chi connectivity index (χ0n) is 25.7. The van der Waals surface area contributed by atoms with Gasteiger partial charge in [0.05, 0.1) is 34.5 Å². The van der Waals surface area contributed by atoms with Crippen LogP contribution in [0.25, 0.3) is 0 Å². The van der Waals surface area contributed by atoms with E-state index in [1.54, 1.807) is 54.6 Å². The Balaban J connectivity index is 1.34. The average Bonchev–Trinajstić information content (AvgIpc) is 3.48. The molecule has 0 spiro atoms. The minimum atomic E-state index is -1.74. The van der Waals surface area contributed by atoms with Crippen molar-refractivity contribution in [3.05, 3.63) is 136 Å². The first-order valence-electron chi connectivity index (χ1n) is 15.9. The maximum absolute atomic E-state index is 15.2. The van der Waals surface area contributed by atoms with Crippen LogP contribution in [0.15, 0.2) is 109 Å². The van der Waals surface area contributed by atoms with E-state index < -0.39 is 70.1 Å². The number of fused-ring (bicyclic) bond motifs is 4. The van der Waals surface area contributed by atoms with Gasteiger partial charge in [-0.05, 0) is 78.9 Å². The van der Waals surface area contributed by atoms with E-state index in [0.29, 0.717) is 21.8 Å². The van der Waals surface area contributed by atoms with Crippen LogP contribution in [0, 0.1) is 35.3 Å². The van der Waals surface area contributed by atoms with Gasteiger partial charge >= 0.3 is 0 Å². The van der Waals surface area contributed by atoms with Crippen LogP contribution in [0.3, 0.4) is 0 Å².